The smallest absolute Gasteiger partial charge is 0.316 e. The number of fused-ring (bicyclic) bond motifs is 1. The lowest BCUT2D eigenvalue weighted by Crippen LogP contribution is -1.99. The largest absolute Gasteiger partial charge is 0.422 e. The van der Waals surface area contributed by atoms with Gasteiger partial charge < -0.3 is 4.42 Å². The number of anilines is 1. The van der Waals surface area contributed by atoms with Crippen molar-refractivity contribution >= 4 is 34.4 Å². The van der Waals surface area contributed by atoms with E-state index >= 15 is 0 Å². The molecule has 0 aliphatic carbocycles. The quantitative estimate of drug-likeness (QED) is 0.576. The fourth-order valence-corrected chi connectivity index (χ4v) is 1.98. The molecule has 0 amide bonds. The Labute approximate surface area is 121 Å². The summed E-state index contributed by atoms with van der Waals surface area (Å²) < 4.78 is 5.52. The van der Waals surface area contributed by atoms with E-state index in [2.05, 4.69) is 15.5 Å². The number of aromatic nitrogens is 1. The van der Waals surface area contributed by atoms with E-state index in [0.717, 1.165) is 16.8 Å². The summed E-state index contributed by atoms with van der Waals surface area (Å²) in [5.41, 5.74) is 6.08. The molecular formula is C15H12ClN3O. The minimum absolute atomic E-state index is 0.345. The lowest BCUT2D eigenvalue weighted by molar-refractivity contribution is 0.617. The van der Waals surface area contributed by atoms with Crippen LogP contribution < -0.4 is 5.43 Å². The molecular weight excluding hydrogens is 274 g/mol. The van der Waals surface area contributed by atoms with Gasteiger partial charge in [0.05, 0.1) is 5.71 Å². The third kappa shape index (κ3) is 2.65. The lowest BCUT2D eigenvalue weighted by atomic mass is 10.1. The number of hydrogen-bond acceptors (Lipinski definition) is 4. The summed E-state index contributed by atoms with van der Waals surface area (Å²) in [6.07, 6.45) is 0. The van der Waals surface area contributed by atoms with Crippen molar-refractivity contribution in [2.45, 2.75) is 6.92 Å². The number of nitrogens with one attached hydrogen (secondary N) is 1. The fraction of sp³-hybridized carbons (Fsp3) is 0.0667. The molecule has 100 valence electrons. The zero-order valence-corrected chi connectivity index (χ0v) is 11.6. The standard InChI is InChI=1S/C15H12ClN3O/c1-10(11-5-3-2-4-6-11)18-19-15-17-13-8-7-12(16)9-14(13)20-15/h2-9H,1H3,(H,17,19)/b18-10-. The van der Waals surface area contributed by atoms with Gasteiger partial charge in [-0.05, 0) is 24.6 Å². The van der Waals surface area contributed by atoms with Crippen LogP contribution in [0, 0.1) is 0 Å². The average molecular weight is 286 g/mol. The van der Waals surface area contributed by atoms with Gasteiger partial charge in [0.15, 0.2) is 5.58 Å². The third-order valence-corrected chi connectivity index (χ3v) is 3.10. The Kier molecular flexibility index (Phi) is 3.39. The van der Waals surface area contributed by atoms with Crippen LogP contribution in [-0.2, 0) is 0 Å². The maximum atomic E-state index is 5.90. The van der Waals surface area contributed by atoms with Crippen molar-refractivity contribution in [1.29, 1.82) is 0 Å². The molecule has 20 heavy (non-hydrogen) atoms. The average Bonchev–Trinajstić information content (AvgIpc) is 2.87. The Hall–Kier alpha value is -2.33. The number of rotatable bonds is 3. The molecule has 0 saturated heterocycles. The Bertz CT molecular complexity index is 765. The van der Waals surface area contributed by atoms with Crippen LogP contribution in [0.3, 0.4) is 0 Å². The number of nitrogens with zero attached hydrogens (tertiary/aromatic N) is 2. The van der Waals surface area contributed by atoms with Crippen LogP contribution in [0.2, 0.25) is 5.02 Å². The Morgan fingerprint density at radius 3 is 2.80 bits per heavy atom. The molecule has 0 fully saturated rings. The van der Waals surface area contributed by atoms with Crippen LogP contribution in [0.1, 0.15) is 12.5 Å². The summed E-state index contributed by atoms with van der Waals surface area (Å²) in [4.78, 5) is 4.28. The van der Waals surface area contributed by atoms with Gasteiger partial charge in [-0.2, -0.15) is 10.1 Å². The van der Waals surface area contributed by atoms with E-state index in [-0.39, 0.29) is 0 Å². The van der Waals surface area contributed by atoms with E-state index in [1.807, 2.05) is 37.3 Å². The summed E-state index contributed by atoms with van der Waals surface area (Å²) in [6.45, 7) is 1.92. The molecule has 0 spiro atoms. The maximum absolute atomic E-state index is 5.90. The first-order valence-electron chi connectivity index (χ1n) is 6.14. The molecule has 0 saturated carbocycles. The molecule has 0 unspecified atom stereocenters. The summed E-state index contributed by atoms with van der Waals surface area (Å²) in [6, 6.07) is 15.5. The fourth-order valence-electron chi connectivity index (χ4n) is 1.82. The van der Waals surface area contributed by atoms with Crippen LogP contribution in [-0.4, -0.2) is 10.7 Å². The summed E-state index contributed by atoms with van der Waals surface area (Å²) in [5.74, 6) is 0. The number of hydrogen-bond donors (Lipinski definition) is 1. The first-order valence-corrected chi connectivity index (χ1v) is 6.52. The van der Waals surface area contributed by atoms with Crippen molar-refractivity contribution < 1.29 is 4.42 Å². The van der Waals surface area contributed by atoms with Gasteiger partial charge in [-0.15, -0.1) is 0 Å². The minimum Gasteiger partial charge on any atom is -0.422 e. The molecule has 2 aromatic carbocycles. The van der Waals surface area contributed by atoms with Crippen LogP contribution >= 0.6 is 11.6 Å². The molecule has 1 aromatic heterocycles. The van der Waals surface area contributed by atoms with Crippen LogP contribution in [0.5, 0.6) is 0 Å². The normalized spacial score (nSPS) is 11.8. The molecule has 5 heteroatoms. The van der Waals surface area contributed by atoms with E-state index in [0.29, 0.717) is 16.6 Å². The molecule has 0 aliphatic heterocycles. The van der Waals surface area contributed by atoms with Crippen molar-refractivity contribution in [2.75, 3.05) is 5.43 Å². The van der Waals surface area contributed by atoms with Crippen molar-refractivity contribution in [2.24, 2.45) is 5.10 Å². The second-order valence-corrected chi connectivity index (χ2v) is 4.74. The molecule has 4 nitrogen and oxygen atoms in total. The Morgan fingerprint density at radius 1 is 1.20 bits per heavy atom. The van der Waals surface area contributed by atoms with Gasteiger partial charge in [0, 0.05) is 11.1 Å². The van der Waals surface area contributed by atoms with E-state index in [9.17, 15) is 0 Å². The van der Waals surface area contributed by atoms with Gasteiger partial charge in [0.25, 0.3) is 0 Å². The summed E-state index contributed by atoms with van der Waals surface area (Å²) in [7, 11) is 0. The van der Waals surface area contributed by atoms with Gasteiger partial charge in [0.2, 0.25) is 0 Å². The maximum Gasteiger partial charge on any atom is 0.316 e. The zero-order chi connectivity index (χ0) is 13.9. The second-order valence-electron chi connectivity index (χ2n) is 4.31. The lowest BCUT2D eigenvalue weighted by Gasteiger charge is -1.99. The van der Waals surface area contributed by atoms with Gasteiger partial charge in [0.1, 0.15) is 5.52 Å². The van der Waals surface area contributed by atoms with Crippen molar-refractivity contribution in [3.05, 3.63) is 59.1 Å². The molecule has 1 heterocycles. The van der Waals surface area contributed by atoms with Crippen molar-refractivity contribution in [3.63, 3.8) is 0 Å². The third-order valence-electron chi connectivity index (χ3n) is 2.86. The number of benzene rings is 2. The highest BCUT2D eigenvalue weighted by atomic mass is 35.5. The Balaban J connectivity index is 1.83. The van der Waals surface area contributed by atoms with Crippen LogP contribution in [0.15, 0.2) is 58.0 Å². The van der Waals surface area contributed by atoms with Gasteiger partial charge in [-0.25, -0.2) is 5.43 Å². The van der Waals surface area contributed by atoms with Crippen LogP contribution in [0.25, 0.3) is 11.1 Å². The highest BCUT2D eigenvalue weighted by Gasteiger charge is 2.05. The van der Waals surface area contributed by atoms with E-state index in [4.69, 9.17) is 16.0 Å². The Morgan fingerprint density at radius 2 is 2.00 bits per heavy atom. The van der Waals surface area contributed by atoms with Crippen molar-refractivity contribution in [3.8, 4) is 0 Å². The second kappa shape index (κ2) is 5.35. The number of oxazole rings is 1. The monoisotopic (exact) mass is 285 g/mol. The van der Waals surface area contributed by atoms with Crippen molar-refractivity contribution in [1.82, 2.24) is 4.98 Å². The molecule has 3 rings (SSSR count). The SMILES string of the molecule is C/C(=N/Nc1nc2ccc(Cl)cc2o1)c1ccccc1. The topological polar surface area (TPSA) is 50.4 Å². The molecule has 0 aliphatic rings. The molecule has 3 aromatic rings. The van der Waals surface area contributed by atoms with E-state index in [1.165, 1.54) is 0 Å². The summed E-state index contributed by atoms with van der Waals surface area (Å²) in [5, 5.41) is 4.87. The predicted molar refractivity (Wildman–Crippen MR) is 81.3 cm³/mol. The first-order chi connectivity index (χ1) is 9.72. The zero-order valence-electron chi connectivity index (χ0n) is 10.8. The highest BCUT2D eigenvalue weighted by molar-refractivity contribution is 6.31. The number of hydrazone groups is 1. The molecule has 1 N–H and O–H groups in total. The van der Waals surface area contributed by atoms with Crippen LogP contribution in [0.4, 0.5) is 6.01 Å². The number of halogens is 1. The molecule has 0 bridgehead atoms. The van der Waals surface area contributed by atoms with E-state index in [1.54, 1.807) is 18.2 Å². The van der Waals surface area contributed by atoms with Gasteiger partial charge >= 0.3 is 6.01 Å². The molecule has 0 radical (unpaired) electrons. The summed E-state index contributed by atoms with van der Waals surface area (Å²) >= 11 is 5.90. The van der Waals surface area contributed by atoms with Gasteiger partial charge in [-0.3, -0.25) is 0 Å². The van der Waals surface area contributed by atoms with E-state index < -0.39 is 0 Å². The predicted octanol–water partition coefficient (Wildman–Crippen LogP) is 4.32. The highest BCUT2D eigenvalue weighted by Crippen LogP contribution is 2.22. The van der Waals surface area contributed by atoms with Gasteiger partial charge in [-0.1, -0.05) is 41.9 Å². The first kappa shape index (κ1) is 12.7. The minimum atomic E-state index is 0.345. The molecule has 0 atom stereocenters.